The van der Waals surface area contributed by atoms with Crippen LogP contribution in [0.3, 0.4) is 0 Å². The Labute approximate surface area is 109 Å². The monoisotopic (exact) mass is 263 g/mol. The van der Waals surface area contributed by atoms with Gasteiger partial charge in [0.25, 0.3) is 5.91 Å². The zero-order valence-corrected chi connectivity index (χ0v) is 10.8. The normalized spacial score (nSPS) is 10.6. The second-order valence-corrected chi connectivity index (χ2v) is 4.25. The van der Waals surface area contributed by atoms with Crippen molar-refractivity contribution in [2.45, 2.75) is 0 Å². The van der Waals surface area contributed by atoms with Crippen molar-refractivity contribution in [1.29, 1.82) is 0 Å². The molecule has 0 atom stereocenters. The molecular formula is C12H13N3O2S. The van der Waals surface area contributed by atoms with E-state index in [1.807, 2.05) is 6.07 Å². The Balaban J connectivity index is 2.56. The number of thiol groups is 1. The van der Waals surface area contributed by atoms with Gasteiger partial charge in [0.05, 0.1) is 5.52 Å². The van der Waals surface area contributed by atoms with Crippen molar-refractivity contribution in [3.05, 3.63) is 40.2 Å². The molecule has 1 heterocycles. The second-order valence-electron chi connectivity index (χ2n) is 3.80. The molecule has 5 nitrogen and oxygen atoms in total. The first-order valence-corrected chi connectivity index (χ1v) is 6.13. The number of para-hydroxylation sites is 1. The third-order valence-electron chi connectivity index (χ3n) is 2.57. The van der Waals surface area contributed by atoms with Crippen molar-refractivity contribution in [1.82, 2.24) is 15.1 Å². The highest BCUT2D eigenvalue weighted by Gasteiger charge is 2.15. The molecule has 2 aromatic rings. The molecule has 0 spiro atoms. The summed E-state index contributed by atoms with van der Waals surface area (Å²) in [6.07, 6.45) is 0. The van der Waals surface area contributed by atoms with Crippen LogP contribution in [0.1, 0.15) is 10.5 Å². The largest absolute Gasteiger partial charge is 0.350 e. The minimum absolute atomic E-state index is 0.0852. The lowest BCUT2D eigenvalue weighted by atomic mass is 10.2. The minimum Gasteiger partial charge on any atom is -0.350 e. The van der Waals surface area contributed by atoms with E-state index in [1.165, 1.54) is 4.68 Å². The molecule has 0 fully saturated rings. The van der Waals surface area contributed by atoms with Crippen molar-refractivity contribution in [2.24, 2.45) is 7.05 Å². The van der Waals surface area contributed by atoms with Crippen LogP contribution in [-0.2, 0) is 7.05 Å². The fourth-order valence-corrected chi connectivity index (χ4v) is 1.84. The second kappa shape index (κ2) is 5.22. The predicted molar refractivity (Wildman–Crippen MR) is 73.2 cm³/mol. The number of hydrogen-bond donors (Lipinski definition) is 2. The molecule has 1 aromatic heterocycles. The number of fused-ring (bicyclic) bond motifs is 1. The Kier molecular flexibility index (Phi) is 3.66. The Morgan fingerprint density at radius 1 is 1.44 bits per heavy atom. The number of hydrogen-bond acceptors (Lipinski definition) is 4. The lowest BCUT2D eigenvalue weighted by Crippen LogP contribution is -2.32. The summed E-state index contributed by atoms with van der Waals surface area (Å²) in [6, 6.07) is 7.07. The van der Waals surface area contributed by atoms with Gasteiger partial charge in [-0.2, -0.15) is 17.7 Å². The van der Waals surface area contributed by atoms with Gasteiger partial charge in [0.15, 0.2) is 5.69 Å². The summed E-state index contributed by atoms with van der Waals surface area (Å²) in [6.45, 7) is 0.402. The number of nitrogens with one attached hydrogen (secondary N) is 1. The van der Waals surface area contributed by atoms with Gasteiger partial charge >= 0.3 is 0 Å². The molecule has 0 aliphatic heterocycles. The smallest absolute Gasteiger partial charge is 0.275 e. The van der Waals surface area contributed by atoms with E-state index in [1.54, 1.807) is 25.2 Å². The summed E-state index contributed by atoms with van der Waals surface area (Å²) in [5.74, 6) is 0.0509. The van der Waals surface area contributed by atoms with E-state index in [4.69, 9.17) is 0 Å². The molecule has 0 saturated heterocycles. The van der Waals surface area contributed by atoms with Crippen LogP contribution in [0, 0.1) is 0 Å². The first-order valence-electron chi connectivity index (χ1n) is 5.50. The van der Waals surface area contributed by atoms with E-state index in [-0.39, 0.29) is 11.1 Å². The number of rotatable bonds is 3. The standard InChI is InChI=1S/C12H13N3O2S/c1-15-9-5-3-2-4-8(9)11(16)10(14-15)12(17)13-6-7-18/h2-5,18H,6-7H2,1H3,(H,13,17). The van der Waals surface area contributed by atoms with Gasteiger partial charge in [0.1, 0.15) is 0 Å². The molecule has 0 saturated carbocycles. The molecule has 6 heteroatoms. The van der Waals surface area contributed by atoms with E-state index >= 15 is 0 Å². The molecule has 0 unspecified atom stereocenters. The Bertz CT molecular complexity index is 651. The Morgan fingerprint density at radius 3 is 2.89 bits per heavy atom. The molecule has 0 bridgehead atoms. The van der Waals surface area contributed by atoms with Crippen molar-refractivity contribution in [3.63, 3.8) is 0 Å². The van der Waals surface area contributed by atoms with Crippen LogP contribution in [0.25, 0.3) is 10.9 Å². The van der Waals surface area contributed by atoms with Crippen molar-refractivity contribution >= 4 is 29.4 Å². The van der Waals surface area contributed by atoms with Crippen LogP contribution in [0.4, 0.5) is 0 Å². The average molecular weight is 263 g/mol. The fraction of sp³-hybridized carbons (Fsp3) is 0.250. The Hall–Kier alpha value is -1.82. The lowest BCUT2D eigenvalue weighted by Gasteiger charge is -2.07. The maximum absolute atomic E-state index is 12.1. The van der Waals surface area contributed by atoms with Crippen LogP contribution in [-0.4, -0.2) is 28.0 Å². The highest BCUT2D eigenvalue weighted by atomic mass is 32.1. The van der Waals surface area contributed by atoms with E-state index < -0.39 is 5.91 Å². The quantitative estimate of drug-likeness (QED) is 0.797. The number of carbonyl (C=O) groups is 1. The van der Waals surface area contributed by atoms with Gasteiger partial charge in [0, 0.05) is 24.7 Å². The van der Waals surface area contributed by atoms with Gasteiger partial charge < -0.3 is 5.32 Å². The summed E-state index contributed by atoms with van der Waals surface area (Å²) in [5, 5.41) is 7.10. The SMILES string of the molecule is Cn1nc(C(=O)NCCS)c(=O)c2ccccc21. The lowest BCUT2D eigenvalue weighted by molar-refractivity contribution is 0.0948. The molecule has 94 valence electrons. The molecule has 0 radical (unpaired) electrons. The van der Waals surface area contributed by atoms with Crippen molar-refractivity contribution in [3.8, 4) is 0 Å². The number of nitrogens with zero attached hydrogens (tertiary/aromatic N) is 2. The Morgan fingerprint density at radius 2 is 2.17 bits per heavy atom. The van der Waals surface area contributed by atoms with Gasteiger partial charge in [-0.25, -0.2) is 0 Å². The summed E-state index contributed by atoms with van der Waals surface area (Å²) in [5.41, 5.74) is 0.270. The fourth-order valence-electron chi connectivity index (χ4n) is 1.73. The van der Waals surface area contributed by atoms with Crippen LogP contribution in [0.2, 0.25) is 0 Å². The summed E-state index contributed by atoms with van der Waals surface area (Å²) in [4.78, 5) is 23.9. The highest BCUT2D eigenvalue weighted by Crippen LogP contribution is 2.07. The number of carbonyl (C=O) groups excluding carboxylic acids is 1. The topological polar surface area (TPSA) is 64.0 Å². The number of aromatic nitrogens is 2. The molecular weight excluding hydrogens is 250 g/mol. The van der Waals surface area contributed by atoms with Gasteiger partial charge in [-0.3, -0.25) is 14.3 Å². The molecule has 1 N–H and O–H groups in total. The van der Waals surface area contributed by atoms with Gasteiger partial charge in [-0.15, -0.1) is 0 Å². The van der Waals surface area contributed by atoms with Crippen LogP contribution in [0.5, 0.6) is 0 Å². The zero-order valence-electron chi connectivity index (χ0n) is 9.88. The first-order chi connectivity index (χ1) is 8.65. The first kappa shape index (κ1) is 12.6. The zero-order chi connectivity index (χ0) is 13.1. The third kappa shape index (κ3) is 2.24. The van der Waals surface area contributed by atoms with E-state index in [0.29, 0.717) is 23.2 Å². The predicted octanol–water partition coefficient (Wildman–Crippen LogP) is 0.593. The number of aryl methyl sites for hydroxylation is 1. The van der Waals surface area contributed by atoms with Gasteiger partial charge in [-0.05, 0) is 12.1 Å². The number of benzene rings is 1. The molecule has 1 aromatic carbocycles. The van der Waals surface area contributed by atoms with Gasteiger partial charge in [0.2, 0.25) is 5.43 Å². The minimum atomic E-state index is -0.463. The summed E-state index contributed by atoms with van der Waals surface area (Å²) in [7, 11) is 1.71. The molecule has 2 rings (SSSR count). The maximum atomic E-state index is 12.1. The number of amides is 1. The summed E-state index contributed by atoms with van der Waals surface area (Å²) < 4.78 is 1.53. The maximum Gasteiger partial charge on any atom is 0.275 e. The van der Waals surface area contributed by atoms with Crippen LogP contribution in [0.15, 0.2) is 29.1 Å². The average Bonchev–Trinajstić information content (AvgIpc) is 2.40. The van der Waals surface area contributed by atoms with Crippen LogP contribution < -0.4 is 10.7 Å². The third-order valence-corrected chi connectivity index (χ3v) is 2.80. The molecule has 0 aliphatic carbocycles. The highest BCUT2D eigenvalue weighted by molar-refractivity contribution is 7.80. The van der Waals surface area contributed by atoms with Crippen LogP contribution >= 0.6 is 12.6 Å². The van der Waals surface area contributed by atoms with E-state index in [2.05, 4.69) is 23.0 Å². The molecule has 18 heavy (non-hydrogen) atoms. The van der Waals surface area contributed by atoms with E-state index in [0.717, 1.165) is 0 Å². The summed E-state index contributed by atoms with van der Waals surface area (Å²) >= 11 is 3.99. The van der Waals surface area contributed by atoms with Crippen molar-refractivity contribution < 1.29 is 4.79 Å². The van der Waals surface area contributed by atoms with Gasteiger partial charge in [-0.1, -0.05) is 12.1 Å². The van der Waals surface area contributed by atoms with E-state index in [9.17, 15) is 9.59 Å². The van der Waals surface area contributed by atoms with Crippen molar-refractivity contribution in [2.75, 3.05) is 12.3 Å². The molecule has 0 aliphatic rings. The molecule has 1 amide bonds.